The molecule has 0 radical (unpaired) electrons. The molecule has 0 saturated heterocycles. The van der Waals surface area contributed by atoms with Gasteiger partial charge in [-0.2, -0.15) is 0 Å². The number of pyridine rings is 1. The molecule has 5 heteroatoms. The van der Waals surface area contributed by atoms with Crippen molar-refractivity contribution in [2.75, 3.05) is 32.9 Å². The summed E-state index contributed by atoms with van der Waals surface area (Å²) in [6.07, 6.45) is 2.70. The van der Waals surface area contributed by atoms with Crippen molar-refractivity contribution in [3.05, 3.63) is 24.0 Å². The second-order valence-electron chi connectivity index (χ2n) is 4.58. The normalized spacial score (nSPS) is 10.7. The first-order valence-electron chi connectivity index (χ1n) is 6.15. The molecule has 0 aliphatic heterocycles. The summed E-state index contributed by atoms with van der Waals surface area (Å²) < 4.78 is 0. The summed E-state index contributed by atoms with van der Waals surface area (Å²) >= 11 is 0. The number of aromatic nitrogens is 1. The largest absolute Gasteiger partial charge is 0.399 e. The number of nitrogens with two attached hydrogens (primary N) is 1. The zero-order valence-corrected chi connectivity index (χ0v) is 11.4. The minimum atomic E-state index is 0.104. The van der Waals surface area contributed by atoms with Crippen molar-refractivity contribution in [3.8, 4) is 0 Å². The average molecular weight is 250 g/mol. The zero-order chi connectivity index (χ0) is 13.5. The molecule has 100 valence electrons. The van der Waals surface area contributed by atoms with E-state index in [2.05, 4.69) is 16.8 Å². The van der Waals surface area contributed by atoms with Crippen LogP contribution in [0.25, 0.3) is 0 Å². The van der Waals surface area contributed by atoms with E-state index >= 15 is 0 Å². The molecule has 1 heterocycles. The third-order valence-electron chi connectivity index (χ3n) is 2.62. The monoisotopic (exact) mass is 250 g/mol. The van der Waals surface area contributed by atoms with Gasteiger partial charge in [0.25, 0.3) is 0 Å². The Labute approximate surface area is 109 Å². The lowest BCUT2D eigenvalue weighted by Gasteiger charge is -2.22. The summed E-state index contributed by atoms with van der Waals surface area (Å²) in [6, 6.07) is 3.61. The van der Waals surface area contributed by atoms with Crippen LogP contribution in [0.5, 0.6) is 0 Å². The first kappa shape index (κ1) is 14.4. The van der Waals surface area contributed by atoms with Crippen LogP contribution in [0.4, 0.5) is 5.69 Å². The van der Waals surface area contributed by atoms with E-state index in [1.165, 1.54) is 0 Å². The molecule has 2 N–H and O–H groups in total. The molecule has 0 aliphatic rings. The number of nitrogen functional groups attached to an aromatic ring is 1. The molecule has 1 rings (SSSR count). The second-order valence-corrected chi connectivity index (χ2v) is 4.58. The van der Waals surface area contributed by atoms with Gasteiger partial charge in [0.1, 0.15) is 0 Å². The van der Waals surface area contributed by atoms with Gasteiger partial charge in [-0.15, -0.1) is 0 Å². The van der Waals surface area contributed by atoms with Crippen LogP contribution in [0.2, 0.25) is 0 Å². The maximum absolute atomic E-state index is 11.7. The molecule has 0 aromatic carbocycles. The standard InChI is InChI=1S/C13H22N4O/c1-4-7-17(10-13(18)16(2)3)9-12-8-11(14)5-6-15-12/h5-6,8H,4,7,9-10H2,1-3H3,(H2,14,15). The van der Waals surface area contributed by atoms with Gasteiger partial charge in [-0.3, -0.25) is 14.7 Å². The molecule has 0 saturated carbocycles. The van der Waals surface area contributed by atoms with Gasteiger partial charge in [-0.25, -0.2) is 0 Å². The lowest BCUT2D eigenvalue weighted by Crippen LogP contribution is -2.36. The van der Waals surface area contributed by atoms with Crippen LogP contribution >= 0.6 is 0 Å². The molecule has 0 bridgehead atoms. The van der Waals surface area contributed by atoms with E-state index in [9.17, 15) is 4.79 Å². The number of likely N-dealkylation sites (N-methyl/N-ethyl adjacent to an activating group) is 1. The molecular formula is C13H22N4O. The predicted octanol–water partition coefficient (Wildman–Crippen LogP) is 0.964. The number of amides is 1. The Morgan fingerprint density at radius 3 is 2.72 bits per heavy atom. The van der Waals surface area contributed by atoms with Crippen molar-refractivity contribution in [1.82, 2.24) is 14.8 Å². The van der Waals surface area contributed by atoms with Crippen LogP contribution in [-0.2, 0) is 11.3 Å². The summed E-state index contributed by atoms with van der Waals surface area (Å²) in [5.74, 6) is 0.104. The van der Waals surface area contributed by atoms with Crippen LogP contribution in [-0.4, -0.2) is 47.9 Å². The number of carbonyl (C=O) groups excluding carboxylic acids is 1. The molecule has 1 amide bonds. The quantitative estimate of drug-likeness (QED) is 0.817. The number of hydrogen-bond donors (Lipinski definition) is 1. The first-order chi connectivity index (χ1) is 8.52. The van der Waals surface area contributed by atoms with E-state index in [-0.39, 0.29) is 5.91 Å². The maximum atomic E-state index is 11.7. The minimum absolute atomic E-state index is 0.104. The van der Waals surface area contributed by atoms with Gasteiger partial charge in [0.05, 0.1) is 12.2 Å². The number of hydrogen-bond acceptors (Lipinski definition) is 4. The van der Waals surface area contributed by atoms with Gasteiger partial charge < -0.3 is 10.6 Å². The number of carbonyl (C=O) groups is 1. The highest BCUT2D eigenvalue weighted by atomic mass is 16.2. The third kappa shape index (κ3) is 4.71. The van der Waals surface area contributed by atoms with Crippen molar-refractivity contribution in [2.24, 2.45) is 0 Å². The van der Waals surface area contributed by atoms with Gasteiger partial charge in [-0.1, -0.05) is 6.92 Å². The van der Waals surface area contributed by atoms with E-state index in [1.807, 2.05) is 6.07 Å². The van der Waals surface area contributed by atoms with Crippen molar-refractivity contribution in [1.29, 1.82) is 0 Å². The van der Waals surface area contributed by atoms with E-state index in [4.69, 9.17) is 5.73 Å². The molecular weight excluding hydrogens is 228 g/mol. The van der Waals surface area contributed by atoms with E-state index in [0.717, 1.165) is 18.7 Å². The molecule has 0 spiro atoms. The topological polar surface area (TPSA) is 62.5 Å². The molecule has 0 aliphatic carbocycles. The lowest BCUT2D eigenvalue weighted by molar-refractivity contribution is -0.130. The predicted molar refractivity (Wildman–Crippen MR) is 72.9 cm³/mol. The zero-order valence-electron chi connectivity index (χ0n) is 11.4. The Hall–Kier alpha value is -1.62. The Morgan fingerprint density at radius 1 is 1.44 bits per heavy atom. The second kappa shape index (κ2) is 6.96. The minimum Gasteiger partial charge on any atom is -0.399 e. The summed E-state index contributed by atoms with van der Waals surface area (Å²) in [5.41, 5.74) is 7.33. The molecule has 1 aromatic heterocycles. The van der Waals surface area contributed by atoms with Crippen LogP contribution < -0.4 is 5.73 Å². The van der Waals surface area contributed by atoms with Crippen molar-refractivity contribution in [2.45, 2.75) is 19.9 Å². The fourth-order valence-electron chi connectivity index (χ4n) is 1.68. The van der Waals surface area contributed by atoms with Gasteiger partial charge in [-0.05, 0) is 25.1 Å². The van der Waals surface area contributed by atoms with Crippen LogP contribution in [0.15, 0.2) is 18.3 Å². The smallest absolute Gasteiger partial charge is 0.236 e. The van der Waals surface area contributed by atoms with Gasteiger partial charge in [0.2, 0.25) is 5.91 Å². The van der Waals surface area contributed by atoms with Gasteiger partial charge in [0, 0.05) is 32.5 Å². The highest BCUT2D eigenvalue weighted by Gasteiger charge is 2.12. The molecule has 5 nitrogen and oxygen atoms in total. The third-order valence-corrected chi connectivity index (χ3v) is 2.62. The fourth-order valence-corrected chi connectivity index (χ4v) is 1.68. The SMILES string of the molecule is CCCN(CC(=O)N(C)C)Cc1cc(N)ccn1. The highest BCUT2D eigenvalue weighted by Crippen LogP contribution is 2.07. The maximum Gasteiger partial charge on any atom is 0.236 e. The van der Waals surface area contributed by atoms with Crippen molar-refractivity contribution < 1.29 is 4.79 Å². The fraction of sp³-hybridized carbons (Fsp3) is 0.538. The van der Waals surface area contributed by atoms with E-state index in [1.54, 1.807) is 31.3 Å². The first-order valence-corrected chi connectivity index (χ1v) is 6.15. The number of nitrogens with zero attached hydrogens (tertiary/aromatic N) is 3. The van der Waals surface area contributed by atoms with Crippen LogP contribution in [0.3, 0.4) is 0 Å². The summed E-state index contributed by atoms with van der Waals surface area (Å²) in [4.78, 5) is 19.7. The highest BCUT2D eigenvalue weighted by molar-refractivity contribution is 5.77. The van der Waals surface area contributed by atoms with Crippen molar-refractivity contribution >= 4 is 11.6 Å². The van der Waals surface area contributed by atoms with Crippen molar-refractivity contribution in [3.63, 3.8) is 0 Å². The summed E-state index contributed by atoms with van der Waals surface area (Å²) in [6.45, 7) is 4.03. The Morgan fingerprint density at radius 2 is 2.17 bits per heavy atom. The number of anilines is 1. The van der Waals surface area contributed by atoms with Gasteiger partial charge >= 0.3 is 0 Å². The molecule has 0 fully saturated rings. The Bertz CT molecular complexity index is 392. The lowest BCUT2D eigenvalue weighted by atomic mass is 10.3. The summed E-state index contributed by atoms with van der Waals surface area (Å²) in [5, 5.41) is 0. The molecule has 1 aromatic rings. The molecule has 18 heavy (non-hydrogen) atoms. The van der Waals surface area contributed by atoms with E-state index in [0.29, 0.717) is 18.8 Å². The summed E-state index contributed by atoms with van der Waals surface area (Å²) in [7, 11) is 3.54. The Kier molecular flexibility index (Phi) is 5.58. The Balaban J connectivity index is 2.65. The molecule has 0 unspecified atom stereocenters. The number of rotatable bonds is 6. The van der Waals surface area contributed by atoms with Gasteiger partial charge in [0.15, 0.2) is 0 Å². The molecule has 0 atom stereocenters. The van der Waals surface area contributed by atoms with Crippen LogP contribution in [0, 0.1) is 0 Å². The van der Waals surface area contributed by atoms with Crippen LogP contribution in [0.1, 0.15) is 19.0 Å². The average Bonchev–Trinajstić information content (AvgIpc) is 2.29. The van der Waals surface area contributed by atoms with E-state index < -0.39 is 0 Å².